The van der Waals surface area contributed by atoms with Crippen LogP contribution in [0.1, 0.15) is 57.4 Å². The predicted octanol–water partition coefficient (Wildman–Crippen LogP) is 11.3. The summed E-state index contributed by atoms with van der Waals surface area (Å²) in [6.45, 7) is 8.09. The lowest BCUT2D eigenvalue weighted by Crippen LogP contribution is -2.32. The van der Waals surface area contributed by atoms with Crippen molar-refractivity contribution in [3.63, 3.8) is 0 Å². The maximum Gasteiger partial charge on any atom is 0.435 e. The molecule has 0 fully saturated rings. The minimum Gasteiger partial charge on any atom is -0.488 e. The molecule has 0 atom stereocenters. The first-order valence-corrected chi connectivity index (χ1v) is 18.5. The second-order valence-corrected chi connectivity index (χ2v) is 15.5. The van der Waals surface area contributed by atoms with Gasteiger partial charge in [0.1, 0.15) is 12.4 Å². The molecular formula is C38H40Cl2F6N2O5S. The summed E-state index contributed by atoms with van der Waals surface area (Å²) in [5.74, 6) is -0.345. The quantitative estimate of drug-likeness (QED) is 0.0482. The number of esters is 1. The highest BCUT2D eigenvalue weighted by Crippen LogP contribution is 2.48. The number of alkyl halides is 6. The zero-order chi connectivity index (χ0) is 40.1. The Bertz CT molecular complexity index is 1910. The number of aromatic nitrogens is 2. The Morgan fingerprint density at radius 3 is 2.19 bits per heavy atom. The van der Waals surface area contributed by atoms with Gasteiger partial charge in [0.05, 0.1) is 46.1 Å². The fourth-order valence-corrected chi connectivity index (χ4v) is 6.50. The van der Waals surface area contributed by atoms with Gasteiger partial charge in [0.15, 0.2) is 11.4 Å². The van der Waals surface area contributed by atoms with Crippen molar-refractivity contribution < 1.29 is 50.1 Å². The van der Waals surface area contributed by atoms with Crippen molar-refractivity contribution >= 4 is 40.9 Å². The fraction of sp³-hybridized carbons (Fsp3) is 0.421. The Morgan fingerprint density at radius 1 is 0.889 bits per heavy atom. The topological polar surface area (TPSA) is 71.8 Å². The smallest absolute Gasteiger partial charge is 0.435 e. The maximum absolute atomic E-state index is 14.1. The van der Waals surface area contributed by atoms with Crippen LogP contribution < -0.4 is 9.47 Å². The van der Waals surface area contributed by atoms with Crippen LogP contribution in [0.25, 0.3) is 22.4 Å². The molecule has 3 aromatic carbocycles. The molecule has 294 valence electrons. The zero-order valence-corrected chi connectivity index (χ0v) is 32.7. The van der Waals surface area contributed by atoms with E-state index in [-0.39, 0.29) is 58.3 Å². The van der Waals surface area contributed by atoms with Crippen molar-refractivity contribution in [3.8, 4) is 33.9 Å². The Morgan fingerprint density at radius 2 is 1.57 bits per heavy atom. The molecule has 0 saturated heterocycles. The maximum atomic E-state index is 14.1. The molecule has 4 rings (SSSR count). The molecule has 0 spiro atoms. The number of hydrogen-bond acceptors (Lipinski definition) is 7. The van der Waals surface area contributed by atoms with Crippen LogP contribution in [0.15, 0.2) is 60.7 Å². The number of aryl methyl sites for hydroxylation is 1. The monoisotopic (exact) mass is 820 g/mol. The number of nitrogens with zero attached hydrogens (tertiary/aromatic N) is 2. The zero-order valence-electron chi connectivity index (χ0n) is 30.4. The molecule has 0 aliphatic rings. The summed E-state index contributed by atoms with van der Waals surface area (Å²) in [5.41, 5.74) is -3.06. The van der Waals surface area contributed by atoms with E-state index in [1.165, 1.54) is 37.0 Å². The third kappa shape index (κ3) is 11.8. The second kappa shape index (κ2) is 17.6. The van der Waals surface area contributed by atoms with E-state index >= 15 is 0 Å². The molecule has 1 heterocycles. The molecule has 54 heavy (non-hydrogen) atoms. The van der Waals surface area contributed by atoms with Crippen molar-refractivity contribution in [3.05, 3.63) is 87.5 Å². The van der Waals surface area contributed by atoms with Gasteiger partial charge in [0, 0.05) is 36.2 Å². The van der Waals surface area contributed by atoms with Gasteiger partial charge in [-0.2, -0.15) is 43.2 Å². The van der Waals surface area contributed by atoms with E-state index in [4.69, 9.17) is 42.1 Å². The molecule has 0 aliphatic carbocycles. The van der Waals surface area contributed by atoms with Gasteiger partial charge in [-0.25, -0.2) is 0 Å². The third-order valence-electron chi connectivity index (χ3n) is 8.30. The molecule has 0 aliphatic heterocycles. The molecule has 4 aromatic rings. The number of thioether (sulfide) groups is 1. The summed E-state index contributed by atoms with van der Waals surface area (Å²) < 4.78 is 108. The summed E-state index contributed by atoms with van der Waals surface area (Å²) >= 11 is 13.4. The number of rotatable bonds is 16. The van der Waals surface area contributed by atoms with Gasteiger partial charge in [0.25, 0.3) is 0 Å². The third-order valence-corrected chi connectivity index (χ3v) is 10.3. The largest absolute Gasteiger partial charge is 0.488 e. The Kier molecular flexibility index (Phi) is 14.1. The van der Waals surface area contributed by atoms with E-state index in [9.17, 15) is 31.1 Å². The molecule has 16 heteroatoms. The summed E-state index contributed by atoms with van der Waals surface area (Å²) in [6, 6.07) is 13.2. The average Bonchev–Trinajstić information content (AvgIpc) is 3.48. The second-order valence-electron chi connectivity index (χ2n) is 13.6. The van der Waals surface area contributed by atoms with E-state index in [0.717, 1.165) is 22.9 Å². The molecule has 0 saturated carbocycles. The number of carbonyl (C=O) groups excluding carboxylic acids is 1. The highest BCUT2D eigenvalue weighted by molar-refractivity contribution is 7.99. The van der Waals surface area contributed by atoms with Crippen LogP contribution in [0, 0.1) is 0 Å². The summed E-state index contributed by atoms with van der Waals surface area (Å²) in [6.07, 6.45) is -9.18. The standard InChI is InChI=1S/C38H40Cl2F6N2O5S/c1-35(2,50-6)16-17-52-36(3,4)22-54-18-15-32(49)53-34-26(29-20-31(38(44,45)46)47-48(29)5)12-14-30(51-21-23-7-10-25(39)11-8-23)33(34)24-9-13-28(40)27(19-24)37(41,42)43/h7-14,19-20H,15-18,21-22H2,1-6H3. The first-order chi connectivity index (χ1) is 25.1. The summed E-state index contributed by atoms with van der Waals surface area (Å²) in [4.78, 5) is 13.5. The Labute approximate surface area is 324 Å². The first-order valence-electron chi connectivity index (χ1n) is 16.6. The van der Waals surface area contributed by atoms with Gasteiger partial charge < -0.3 is 18.9 Å². The van der Waals surface area contributed by atoms with Crippen molar-refractivity contribution in [2.45, 2.75) is 70.7 Å². The number of ether oxygens (including phenoxy) is 4. The van der Waals surface area contributed by atoms with Gasteiger partial charge in [-0.1, -0.05) is 41.4 Å². The fourth-order valence-electron chi connectivity index (χ4n) is 5.12. The summed E-state index contributed by atoms with van der Waals surface area (Å²) in [5, 5.41) is 3.47. The number of methoxy groups -OCH3 is 1. The Balaban J connectivity index is 1.74. The van der Waals surface area contributed by atoms with Crippen LogP contribution in [-0.2, 0) is 40.3 Å². The Hall–Kier alpha value is -3.43. The highest BCUT2D eigenvalue weighted by atomic mass is 35.5. The van der Waals surface area contributed by atoms with E-state index in [1.807, 2.05) is 27.7 Å². The molecular weight excluding hydrogens is 781 g/mol. The normalized spacial score (nSPS) is 12.6. The number of halogens is 8. The number of benzene rings is 3. The van der Waals surface area contributed by atoms with E-state index in [2.05, 4.69) is 5.10 Å². The van der Waals surface area contributed by atoms with E-state index in [0.29, 0.717) is 29.4 Å². The van der Waals surface area contributed by atoms with Gasteiger partial charge in [-0.05, 0) is 87.7 Å². The van der Waals surface area contributed by atoms with Gasteiger partial charge in [-0.3, -0.25) is 9.48 Å². The lowest BCUT2D eigenvalue weighted by atomic mass is 9.96. The van der Waals surface area contributed by atoms with Crippen LogP contribution in [0.5, 0.6) is 11.5 Å². The molecule has 0 radical (unpaired) electrons. The van der Waals surface area contributed by atoms with Crippen molar-refractivity contribution in [1.29, 1.82) is 0 Å². The van der Waals surface area contributed by atoms with Gasteiger partial charge >= 0.3 is 18.3 Å². The van der Waals surface area contributed by atoms with Crippen LogP contribution in [-0.4, -0.2) is 52.2 Å². The molecule has 0 N–H and O–H groups in total. The predicted molar refractivity (Wildman–Crippen MR) is 198 cm³/mol. The lowest BCUT2D eigenvalue weighted by Gasteiger charge is -2.28. The van der Waals surface area contributed by atoms with Crippen LogP contribution in [0.3, 0.4) is 0 Å². The SMILES string of the molecule is COC(C)(C)CCOC(C)(C)CSCCC(=O)Oc1c(-c2cc(C(F)(F)F)nn2C)ccc(OCc2ccc(Cl)cc2)c1-c1ccc(Cl)c(C(F)(F)F)c1. The van der Waals surface area contributed by atoms with Crippen LogP contribution in [0.2, 0.25) is 10.0 Å². The number of hydrogen-bond donors (Lipinski definition) is 0. The number of carbonyl (C=O) groups is 1. The van der Waals surface area contributed by atoms with E-state index in [1.54, 1.807) is 31.4 Å². The molecule has 0 unspecified atom stereocenters. The van der Waals surface area contributed by atoms with Crippen molar-refractivity contribution in [2.75, 3.05) is 25.2 Å². The minimum atomic E-state index is -4.87. The molecule has 1 aromatic heterocycles. The molecule has 0 bridgehead atoms. The van der Waals surface area contributed by atoms with Crippen LogP contribution in [0.4, 0.5) is 26.3 Å². The molecule has 0 amide bonds. The lowest BCUT2D eigenvalue weighted by molar-refractivity contribution is -0.141. The van der Waals surface area contributed by atoms with Crippen molar-refractivity contribution in [2.24, 2.45) is 7.05 Å². The van der Waals surface area contributed by atoms with Crippen LogP contribution >= 0.6 is 35.0 Å². The van der Waals surface area contributed by atoms with Gasteiger partial charge in [-0.15, -0.1) is 0 Å². The van der Waals surface area contributed by atoms with Crippen molar-refractivity contribution in [1.82, 2.24) is 9.78 Å². The van der Waals surface area contributed by atoms with Gasteiger partial charge in [0.2, 0.25) is 0 Å². The average molecular weight is 822 g/mol. The molecule has 7 nitrogen and oxygen atoms in total. The highest BCUT2D eigenvalue weighted by Gasteiger charge is 2.37. The summed E-state index contributed by atoms with van der Waals surface area (Å²) in [7, 11) is 2.89. The van der Waals surface area contributed by atoms with E-state index < -0.39 is 40.2 Å². The minimum absolute atomic E-state index is 0.0184. The first kappa shape index (κ1) is 43.3.